The Labute approximate surface area is 144 Å². The summed E-state index contributed by atoms with van der Waals surface area (Å²) in [5, 5.41) is 15.2. The minimum Gasteiger partial charge on any atom is -0.325 e. The maximum absolute atomic E-state index is 12.1. The second-order valence-corrected chi connectivity index (χ2v) is 6.25. The Morgan fingerprint density at radius 1 is 1.17 bits per heavy atom. The number of amides is 1. The van der Waals surface area contributed by atoms with Crippen LogP contribution in [0.15, 0.2) is 59.8 Å². The lowest BCUT2D eigenvalue weighted by Gasteiger charge is -2.06. The van der Waals surface area contributed by atoms with Crippen LogP contribution >= 0.6 is 11.8 Å². The van der Waals surface area contributed by atoms with Gasteiger partial charge in [0.1, 0.15) is 0 Å². The summed E-state index contributed by atoms with van der Waals surface area (Å²) in [6.45, 7) is 2.57. The third-order valence-corrected chi connectivity index (χ3v) is 4.27. The van der Waals surface area contributed by atoms with Crippen molar-refractivity contribution in [3.8, 4) is 0 Å². The van der Waals surface area contributed by atoms with E-state index in [0.717, 1.165) is 16.8 Å². The molecule has 7 heteroatoms. The van der Waals surface area contributed by atoms with Gasteiger partial charge in [0.25, 0.3) is 0 Å². The second-order valence-electron chi connectivity index (χ2n) is 5.31. The molecule has 0 aliphatic rings. The number of thioether (sulfide) groups is 1. The van der Waals surface area contributed by atoms with Gasteiger partial charge in [-0.15, -0.1) is 5.10 Å². The van der Waals surface area contributed by atoms with Gasteiger partial charge < -0.3 is 5.32 Å². The normalized spacial score (nSPS) is 10.5. The van der Waals surface area contributed by atoms with E-state index in [9.17, 15) is 4.79 Å². The molecule has 3 rings (SSSR count). The summed E-state index contributed by atoms with van der Waals surface area (Å²) in [6.07, 6.45) is 0. The maximum atomic E-state index is 12.1. The van der Waals surface area contributed by atoms with E-state index in [2.05, 4.69) is 20.8 Å². The van der Waals surface area contributed by atoms with Crippen LogP contribution in [0.5, 0.6) is 0 Å². The minimum absolute atomic E-state index is 0.0835. The van der Waals surface area contributed by atoms with Gasteiger partial charge in [-0.3, -0.25) is 4.79 Å². The smallest absolute Gasteiger partial charge is 0.234 e. The lowest BCUT2D eigenvalue weighted by molar-refractivity contribution is -0.113. The molecule has 0 atom stereocenters. The second kappa shape index (κ2) is 7.74. The fourth-order valence-electron chi connectivity index (χ4n) is 2.21. The molecule has 0 aliphatic carbocycles. The summed E-state index contributed by atoms with van der Waals surface area (Å²) < 4.78 is 1.69. The summed E-state index contributed by atoms with van der Waals surface area (Å²) in [7, 11) is 0. The molecular formula is C17H17N5OS. The van der Waals surface area contributed by atoms with E-state index in [1.165, 1.54) is 11.8 Å². The fraction of sp³-hybridized carbons (Fsp3) is 0.176. The van der Waals surface area contributed by atoms with Gasteiger partial charge in [0.05, 0.1) is 12.3 Å². The lowest BCUT2D eigenvalue weighted by Crippen LogP contribution is -2.15. The number of aryl methyl sites for hydroxylation is 1. The fourth-order valence-corrected chi connectivity index (χ4v) is 2.88. The van der Waals surface area contributed by atoms with Crippen molar-refractivity contribution in [1.29, 1.82) is 0 Å². The Morgan fingerprint density at radius 3 is 2.79 bits per heavy atom. The van der Waals surface area contributed by atoms with Crippen molar-refractivity contribution in [2.24, 2.45) is 0 Å². The Bertz CT molecular complexity index is 819. The van der Waals surface area contributed by atoms with Crippen molar-refractivity contribution in [2.75, 3.05) is 11.1 Å². The van der Waals surface area contributed by atoms with Crippen molar-refractivity contribution >= 4 is 23.4 Å². The molecule has 24 heavy (non-hydrogen) atoms. The van der Waals surface area contributed by atoms with Crippen LogP contribution in [-0.2, 0) is 11.3 Å². The Kier molecular flexibility index (Phi) is 5.22. The third kappa shape index (κ3) is 4.42. The van der Waals surface area contributed by atoms with Crippen molar-refractivity contribution < 1.29 is 4.79 Å². The first-order valence-corrected chi connectivity index (χ1v) is 8.49. The molecule has 3 aromatic rings. The molecular weight excluding hydrogens is 322 g/mol. The highest BCUT2D eigenvalue weighted by molar-refractivity contribution is 7.99. The van der Waals surface area contributed by atoms with E-state index in [0.29, 0.717) is 11.7 Å². The molecule has 0 spiro atoms. The van der Waals surface area contributed by atoms with Gasteiger partial charge in [-0.1, -0.05) is 54.2 Å². The Balaban J connectivity index is 1.57. The predicted octanol–water partition coefficient (Wildman–Crippen LogP) is 2.76. The molecule has 1 N–H and O–H groups in total. The number of hydrogen-bond donors (Lipinski definition) is 1. The van der Waals surface area contributed by atoms with Crippen molar-refractivity contribution in [3.63, 3.8) is 0 Å². The van der Waals surface area contributed by atoms with E-state index in [-0.39, 0.29) is 11.7 Å². The average Bonchev–Trinajstić information content (AvgIpc) is 3.01. The standard InChI is InChI=1S/C17H17N5OS/c1-13-6-5-9-15(10-13)18-16(23)12-24-17-19-20-21-22(17)11-14-7-3-2-4-8-14/h2-10H,11-12H2,1H3,(H,18,23). The van der Waals surface area contributed by atoms with Crippen LogP contribution in [-0.4, -0.2) is 31.9 Å². The van der Waals surface area contributed by atoms with Crippen LogP contribution in [0.1, 0.15) is 11.1 Å². The quantitative estimate of drug-likeness (QED) is 0.699. The third-order valence-electron chi connectivity index (χ3n) is 3.31. The number of rotatable bonds is 6. The molecule has 0 radical (unpaired) electrons. The molecule has 2 aromatic carbocycles. The summed E-state index contributed by atoms with van der Waals surface area (Å²) in [5.74, 6) is 0.170. The van der Waals surface area contributed by atoms with Crippen molar-refractivity contribution in [1.82, 2.24) is 20.2 Å². The number of anilines is 1. The zero-order chi connectivity index (χ0) is 16.8. The summed E-state index contributed by atoms with van der Waals surface area (Å²) in [4.78, 5) is 12.1. The Morgan fingerprint density at radius 2 is 2.00 bits per heavy atom. The predicted molar refractivity (Wildman–Crippen MR) is 93.9 cm³/mol. The molecule has 0 fully saturated rings. The van der Waals surface area contributed by atoms with E-state index in [1.54, 1.807) is 4.68 Å². The van der Waals surface area contributed by atoms with Gasteiger partial charge in [0, 0.05) is 5.69 Å². The zero-order valence-electron chi connectivity index (χ0n) is 13.2. The summed E-state index contributed by atoms with van der Waals surface area (Å²) in [5.41, 5.74) is 3.01. The van der Waals surface area contributed by atoms with Crippen LogP contribution in [0.25, 0.3) is 0 Å². The number of benzene rings is 2. The number of carbonyl (C=O) groups is 1. The highest BCUT2D eigenvalue weighted by atomic mass is 32.2. The molecule has 0 saturated carbocycles. The molecule has 0 unspecified atom stereocenters. The Hall–Kier alpha value is -2.67. The molecule has 1 amide bonds. The maximum Gasteiger partial charge on any atom is 0.234 e. The van der Waals surface area contributed by atoms with Crippen molar-refractivity contribution in [2.45, 2.75) is 18.6 Å². The number of carbonyl (C=O) groups excluding carboxylic acids is 1. The van der Waals surface area contributed by atoms with E-state index in [4.69, 9.17) is 0 Å². The molecule has 0 bridgehead atoms. The number of tetrazole rings is 1. The van der Waals surface area contributed by atoms with Gasteiger partial charge in [-0.25, -0.2) is 4.68 Å². The number of nitrogens with zero attached hydrogens (tertiary/aromatic N) is 4. The lowest BCUT2D eigenvalue weighted by atomic mass is 10.2. The summed E-state index contributed by atoms with van der Waals surface area (Å²) in [6, 6.07) is 17.6. The highest BCUT2D eigenvalue weighted by Crippen LogP contribution is 2.16. The molecule has 1 aromatic heterocycles. The van der Waals surface area contributed by atoms with Gasteiger partial charge in [0.2, 0.25) is 11.1 Å². The van der Waals surface area contributed by atoms with Crippen LogP contribution < -0.4 is 5.32 Å². The zero-order valence-corrected chi connectivity index (χ0v) is 14.0. The van der Waals surface area contributed by atoms with E-state index >= 15 is 0 Å². The van der Waals surface area contributed by atoms with Crippen LogP contribution in [0.3, 0.4) is 0 Å². The van der Waals surface area contributed by atoms with Gasteiger partial charge >= 0.3 is 0 Å². The number of aromatic nitrogens is 4. The van der Waals surface area contributed by atoms with Crippen LogP contribution in [0.2, 0.25) is 0 Å². The molecule has 122 valence electrons. The number of nitrogens with one attached hydrogen (secondary N) is 1. The van der Waals surface area contributed by atoms with Gasteiger partial charge in [-0.2, -0.15) is 0 Å². The van der Waals surface area contributed by atoms with E-state index in [1.807, 2.05) is 61.5 Å². The first-order valence-electron chi connectivity index (χ1n) is 7.50. The van der Waals surface area contributed by atoms with E-state index < -0.39 is 0 Å². The minimum atomic E-state index is -0.0835. The molecule has 6 nitrogen and oxygen atoms in total. The number of hydrogen-bond acceptors (Lipinski definition) is 5. The highest BCUT2D eigenvalue weighted by Gasteiger charge is 2.10. The van der Waals surface area contributed by atoms with Crippen LogP contribution in [0, 0.1) is 6.92 Å². The molecule has 0 saturated heterocycles. The first kappa shape index (κ1) is 16.2. The van der Waals surface area contributed by atoms with Gasteiger partial charge in [-0.05, 0) is 40.6 Å². The molecule has 0 aliphatic heterocycles. The largest absolute Gasteiger partial charge is 0.325 e. The van der Waals surface area contributed by atoms with Crippen molar-refractivity contribution in [3.05, 3.63) is 65.7 Å². The molecule has 1 heterocycles. The monoisotopic (exact) mass is 339 g/mol. The average molecular weight is 339 g/mol. The topological polar surface area (TPSA) is 72.7 Å². The SMILES string of the molecule is Cc1cccc(NC(=O)CSc2nnnn2Cc2ccccc2)c1. The van der Waals surface area contributed by atoms with Crippen LogP contribution in [0.4, 0.5) is 5.69 Å². The van der Waals surface area contributed by atoms with Gasteiger partial charge in [0.15, 0.2) is 0 Å². The summed E-state index contributed by atoms with van der Waals surface area (Å²) >= 11 is 1.32. The first-order chi connectivity index (χ1) is 11.7.